The maximum atomic E-state index is 10.3. The Bertz CT molecular complexity index is 79.4. The molecule has 1 saturated heterocycles. The summed E-state index contributed by atoms with van der Waals surface area (Å²) >= 11 is -1.54. The van der Waals surface area contributed by atoms with Gasteiger partial charge in [0.25, 0.3) is 0 Å². The molecular formula is C4H7BiO3. The Balaban J connectivity index is 2.22. The van der Waals surface area contributed by atoms with Gasteiger partial charge in [0.05, 0.1) is 0 Å². The Labute approximate surface area is 59.4 Å². The summed E-state index contributed by atoms with van der Waals surface area (Å²) in [5.74, 6) is 0. The summed E-state index contributed by atoms with van der Waals surface area (Å²) in [6, 6.07) is 0. The molecule has 0 spiro atoms. The molecule has 1 aliphatic rings. The normalized spacial score (nSPS) is 29.8. The van der Waals surface area contributed by atoms with E-state index in [-0.39, 0.29) is 3.81 Å². The van der Waals surface area contributed by atoms with Crippen LogP contribution < -0.4 is 0 Å². The van der Waals surface area contributed by atoms with E-state index < -0.39 is 23.2 Å². The zero-order valence-corrected chi connectivity index (χ0v) is 7.85. The molecule has 0 saturated carbocycles. The molecule has 0 radical (unpaired) electrons. The standard InChI is InChI=1S/C4H7O2.Bi.O/c1-2-6-4-3-5-1;;/h1H,2-4H2;;. The van der Waals surface area contributed by atoms with Crippen molar-refractivity contribution in [1.29, 1.82) is 0 Å². The summed E-state index contributed by atoms with van der Waals surface area (Å²) in [7, 11) is 0. The van der Waals surface area contributed by atoms with Crippen molar-refractivity contribution in [1.82, 2.24) is 0 Å². The number of ether oxygens (including phenoxy) is 2. The molecule has 46 valence electrons. The van der Waals surface area contributed by atoms with Crippen molar-refractivity contribution in [2.75, 3.05) is 19.8 Å². The Morgan fingerprint density at radius 2 is 2.38 bits per heavy atom. The summed E-state index contributed by atoms with van der Waals surface area (Å²) in [6.07, 6.45) is 0. The molecule has 8 heavy (non-hydrogen) atoms. The van der Waals surface area contributed by atoms with E-state index in [2.05, 4.69) is 0 Å². The van der Waals surface area contributed by atoms with Gasteiger partial charge in [0.15, 0.2) is 0 Å². The first-order chi connectivity index (χ1) is 3.93. The van der Waals surface area contributed by atoms with E-state index in [9.17, 15) is 2.81 Å². The predicted octanol–water partition coefficient (Wildman–Crippen LogP) is -0.591. The Hall–Kier alpha value is 0.603. The molecule has 0 aromatic rings. The van der Waals surface area contributed by atoms with Gasteiger partial charge in [-0.3, -0.25) is 0 Å². The molecule has 0 aliphatic carbocycles. The van der Waals surface area contributed by atoms with Crippen molar-refractivity contribution in [3.63, 3.8) is 0 Å². The minimum absolute atomic E-state index is 0.0104. The van der Waals surface area contributed by atoms with E-state index in [0.717, 1.165) is 0 Å². The monoisotopic (exact) mass is 312 g/mol. The molecule has 3 nitrogen and oxygen atoms in total. The van der Waals surface area contributed by atoms with Crippen LogP contribution in [0.4, 0.5) is 0 Å². The topological polar surface area (TPSA) is 35.5 Å². The molecule has 4 heteroatoms. The third kappa shape index (κ3) is 1.84. The van der Waals surface area contributed by atoms with Crippen LogP contribution in [0.25, 0.3) is 0 Å². The number of hydrogen-bond donors (Lipinski definition) is 0. The van der Waals surface area contributed by atoms with Crippen molar-refractivity contribution in [2.45, 2.75) is 3.81 Å². The molecule has 1 rings (SSSR count). The van der Waals surface area contributed by atoms with Gasteiger partial charge in [0.2, 0.25) is 0 Å². The molecule has 1 aliphatic heterocycles. The van der Waals surface area contributed by atoms with Crippen LogP contribution in [0.3, 0.4) is 0 Å². The van der Waals surface area contributed by atoms with E-state index in [1.165, 1.54) is 0 Å². The summed E-state index contributed by atoms with van der Waals surface area (Å²) in [5.41, 5.74) is 0. The average molecular weight is 312 g/mol. The number of rotatable bonds is 1. The quantitative estimate of drug-likeness (QED) is 0.607. The molecular weight excluding hydrogens is 305 g/mol. The zero-order chi connectivity index (χ0) is 5.82. The van der Waals surface area contributed by atoms with Crippen LogP contribution in [0, 0.1) is 0 Å². The summed E-state index contributed by atoms with van der Waals surface area (Å²) < 4.78 is 20.3. The van der Waals surface area contributed by atoms with Crippen molar-refractivity contribution >= 4 is 23.2 Å². The molecule has 0 N–H and O–H groups in total. The molecule has 1 heterocycles. The van der Waals surface area contributed by atoms with E-state index in [1.54, 1.807) is 0 Å². The van der Waals surface area contributed by atoms with E-state index in [1.807, 2.05) is 0 Å². The van der Waals surface area contributed by atoms with Crippen LogP contribution in [0.2, 0.25) is 0 Å². The van der Waals surface area contributed by atoms with Gasteiger partial charge in [-0.05, 0) is 0 Å². The average Bonchev–Trinajstić information content (AvgIpc) is 1.90. The Kier molecular flexibility index (Phi) is 3.02. The van der Waals surface area contributed by atoms with Gasteiger partial charge in [-0.25, -0.2) is 0 Å². The van der Waals surface area contributed by atoms with Gasteiger partial charge in [-0.2, -0.15) is 0 Å². The van der Waals surface area contributed by atoms with E-state index in [0.29, 0.717) is 19.8 Å². The van der Waals surface area contributed by atoms with E-state index in [4.69, 9.17) is 9.47 Å². The molecule has 0 aromatic carbocycles. The SMILES string of the molecule is [O]=[Bi][CH]1COCCO1. The van der Waals surface area contributed by atoms with Gasteiger partial charge < -0.3 is 0 Å². The van der Waals surface area contributed by atoms with Crippen LogP contribution in [0.1, 0.15) is 0 Å². The van der Waals surface area contributed by atoms with Crippen molar-refractivity contribution in [2.24, 2.45) is 0 Å². The number of hydrogen-bond acceptors (Lipinski definition) is 3. The third-order valence-corrected chi connectivity index (χ3v) is 2.99. The molecule has 1 atom stereocenters. The fourth-order valence-corrected chi connectivity index (χ4v) is 1.83. The second-order valence-electron chi connectivity index (χ2n) is 1.51. The fourth-order valence-electron chi connectivity index (χ4n) is 0.536. The van der Waals surface area contributed by atoms with Gasteiger partial charge in [0, 0.05) is 0 Å². The summed E-state index contributed by atoms with van der Waals surface area (Å²) in [4.78, 5) is 0. The molecule has 1 unspecified atom stereocenters. The predicted molar refractivity (Wildman–Crippen MR) is 27.0 cm³/mol. The van der Waals surface area contributed by atoms with Gasteiger partial charge in [-0.1, -0.05) is 0 Å². The van der Waals surface area contributed by atoms with Crippen molar-refractivity contribution in [3.8, 4) is 0 Å². The third-order valence-electron chi connectivity index (χ3n) is 0.916. The minimum atomic E-state index is -1.54. The van der Waals surface area contributed by atoms with Crippen molar-refractivity contribution in [3.05, 3.63) is 0 Å². The van der Waals surface area contributed by atoms with Crippen LogP contribution in [0.5, 0.6) is 0 Å². The fraction of sp³-hybridized carbons (Fsp3) is 1.00. The first kappa shape index (κ1) is 6.72. The van der Waals surface area contributed by atoms with Crippen LogP contribution in [-0.4, -0.2) is 46.9 Å². The summed E-state index contributed by atoms with van der Waals surface area (Å²) in [5, 5.41) is 0. The van der Waals surface area contributed by atoms with Crippen LogP contribution in [-0.2, 0) is 12.3 Å². The van der Waals surface area contributed by atoms with Crippen molar-refractivity contribution < 1.29 is 12.3 Å². The van der Waals surface area contributed by atoms with Crippen LogP contribution >= 0.6 is 0 Å². The zero-order valence-electron chi connectivity index (χ0n) is 4.37. The first-order valence-corrected chi connectivity index (χ1v) is 5.88. The Morgan fingerprint density at radius 3 is 2.75 bits per heavy atom. The maximum absolute atomic E-state index is 10.3. The van der Waals surface area contributed by atoms with Gasteiger partial charge in [-0.15, -0.1) is 0 Å². The van der Waals surface area contributed by atoms with Crippen LogP contribution in [0.15, 0.2) is 0 Å². The second-order valence-corrected chi connectivity index (χ2v) is 4.56. The van der Waals surface area contributed by atoms with E-state index >= 15 is 0 Å². The molecule has 0 amide bonds. The Morgan fingerprint density at radius 1 is 1.50 bits per heavy atom. The first-order valence-electron chi connectivity index (χ1n) is 2.45. The second kappa shape index (κ2) is 3.59. The molecule has 1 fully saturated rings. The van der Waals surface area contributed by atoms with Gasteiger partial charge >= 0.3 is 59.2 Å². The summed E-state index contributed by atoms with van der Waals surface area (Å²) in [6.45, 7) is 1.84. The van der Waals surface area contributed by atoms with Gasteiger partial charge in [0.1, 0.15) is 0 Å². The molecule has 0 bridgehead atoms. The molecule has 0 aromatic heterocycles.